The van der Waals surface area contributed by atoms with E-state index in [2.05, 4.69) is 114 Å². The first-order valence-electron chi connectivity index (χ1n) is 12.1. The fourth-order valence-corrected chi connectivity index (χ4v) is 4.48. The zero-order valence-electron chi connectivity index (χ0n) is 20.0. The van der Waals surface area contributed by atoms with Crippen LogP contribution in [0, 0.1) is 13.8 Å². The molecule has 0 unspecified atom stereocenters. The number of anilines is 3. The van der Waals surface area contributed by atoms with Crippen molar-refractivity contribution in [1.82, 2.24) is 4.98 Å². The lowest BCUT2D eigenvalue weighted by molar-refractivity contribution is 0.653. The molecule has 0 spiro atoms. The lowest BCUT2D eigenvalue weighted by atomic mass is 10.1. The van der Waals surface area contributed by atoms with Gasteiger partial charge in [0.15, 0.2) is 0 Å². The molecule has 34 heavy (non-hydrogen) atoms. The van der Waals surface area contributed by atoms with E-state index in [1.54, 1.807) is 0 Å². The van der Waals surface area contributed by atoms with Gasteiger partial charge in [0.2, 0.25) is 0 Å². The lowest BCUT2D eigenvalue weighted by Gasteiger charge is -2.38. The van der Waals surface area contributed by atoms with Crippen LogP contribution in [0.15, 0.2) is 91.0 Å². The van der Waals surface area contributed by atoms with Gasteiger partial charge in [-0.15, -0.1) is 0 Å². The van der Waals surface area contributed by atoms with Crippen molar-refractivity contribution < 1.29 is 0 Å². The second-order valence-electron chi connectivity index (χ2n) is 9.08. The number of rotatable bonds is 6. The van der Waals surface area contributed by atoms with Crippen LogP contribution in [0.4, 0.5) is 17.2 Å². The third kappa shape index (κ3) is 5.07. The van der Waals surface area contributed by atoms with E-state index in [1.165, 1.54) is 28.1 Å². The molecule has 3 aromatic carbocycles. The Morgan fingerprint density at radius 3 is 1.97 bits per heavy atom. The topological polar surface area (TPSA) is 31.4 Å². The number of aryl methyl sites for hydroxylation is 2. The maximum Gasteiger partial charge on any atom is 0.127 e. The van der Waals surface area contributed by atoms with E-state index in [0.717, 1.165) is 49.8 Å². The summed E-state index contributed by atoms with van der Waals surface area (Å²) in [6.45, 7) is 8.99. The van der Waals surface area contributed by atoms with Gasteiger partial charge < -0.3 is 15.1 Å². The number of nitrogens with zero attached hydrogens (tertiary/aromatic N) is 3. The Bertz CT molecular complexity index is 1210. The monoisotopic (exact) mass is 448 g/mol. The minimum Gasteiger partial charge on any atom is -0.368 e. The first kappa shape index (κ1) is 22.0. The van der Waals surface area contributed by atoms with Crippen molar-refractivity contribution in [3.8, 4) is 11.3 Å². The van der Waals surface area contributed by atoms with Gasteiger partial charge in [-0.3, -0.25) is 0 Å². The first-order chi connectivity index (χ1) is 16.7. The van der Waals surface area contributed by atoms with E-state index in [1.807, 2.05) is 6.07 Å². The zero-order chi connectivity index (χ0) is 23.3. The number of hydrogen-bond acceptors (Lipinski definition) is 4. The SMILES string of the molecule is Cc1ccc(-c2nc(NCc3ccccc3)ccc2N2CCN(c3ccc(C)cc3)CC2)cc1. The minimum atomic E-state index is 0.760. The number of nitrogens with one attached hydrogen (secondary N) is 1. The molecule has 1 aromatic heterocycles. The highest BCUT2D eigenvalue weighted by Gasteiger charge is 2.21. The van der Waals surface area contributed by atoms with Gasteiger partial charge in [0.1, 0.15) is 5.82 Å². The lowest BCUT2D eigenvalue weighted by Crippen LogP contribution is -2.46. The van der Waals surface area contributed by atoms with Crippen molar-refractivity contribution in [2.24, 2.45) is 0 Å². The third-order valence-electron chi connectivity index (χ3n) is 6.53. The Labute approximate surface area is 202 Å². The van der Waals surface area contributed by atoms with Crippen LogP contribution >= 0.6 is 0 Å². The summed E-state index contributed by atoms with van der Waals surface area (Å²) in [6, 6.07) is 32.4. The normalized spacial score (nSPS) is 13.7. The highest BCUT2D eigenvalue weighted by molar-refractivity contribution is 5.77. The fourth-order valence-electron chi connectivity index (χ4n) is 4.48. The van der Waals surface area contributed by atoms with Crippen LogP contribution in [-0.2, 0) is 6.54 Å². The first-order valence-corrected chi connectivity index (χ1v) is 12.1. The van der Waals surface area contributed by atoms with Crippen LogP contribution in [0.5, 0.6) is 0 Å². The zero-order valence-corrected chi connectivity index (χ0v) is 20.0. The van der Waals surface area contributed by atoms with Crippen LogP contribution in [0.3, 0.4) is 0 Å². The van der Waals surface area contributed by atoms with Gasteiger partial charge in [-0.2, -0.15) is 0 Å². The van der Waals surface area contributed by atoms with E-state index in [9.17, 15) is 0 Å². The average molecular weight is 449 g/mol. The molecule has 0 atom stereocenters. The van der Waals surface area contributed by atoms with E-state index in [0.29, 0.717) is 0 Å². The molecular formula is C30H32N4. The molecule has 0 amide bonds. The van der Waals surface area contributed by atoms with E-state index >= 15 is 0 Å². The maximum absolute atomic E-state index is 5.08. The van der Waals surface area contributed by atoms with Crippen molar-refractivity contribution in [1.29, 1.82) is 0 Å². The highest BCUT2D eigenvalue weighted by atomic mass is 15.3. The molecule has 0 bridgehead atoms. The van der Waals surface area contributed by atoms with E-state index < -0.39 is 0 Å². The molecule has 4 heteroatoms. The van der Waals surface area contributed by atoms with E-state index in [4.69, 9.17) is 4.98 Å². The summed E-state index contributed by atoms with van der Waals surface area (Å²) < 4.78 is 0. The number of hydrogen-bond donors (Lipinski definition) is 1. The van der Waals surface area contributed by atoms with Gasteiger partial charge in [0.25, 0.3) is 0 Å². The Morgan fingerprint density at radius 1 is 0.676 bits per heavy atom. The predicted octanol–water partition coefficient (Wildman–Crippen LogP) is 6.30. The molecular weight excluding hydrogens is 416 g/mol. The molecule has 1 N–H and O–H groups in total. The average Bonchev–Trinajstić information content (AvgIpc) is 2.89. The molecule has 5 rings (SSSR count). The summed E-state index contributed by atoms with van der Waals surface area (Å²) in [5.41, 5.74) is 8.53. The standard InChI is InChI=1S/C30H32N4/c1-23-8-12-26(13-9-23)30-28(16-17-29(32-30)31-22-25-6-4-3-5-7-25)34-20-18-33(19-21-34)27-14-10-24(2)11-15-27/h3-17H,18-22H2,1-2H3,(H,31,32). The molecule has 4 aromatic rings. The summed E-state index contributed by atoms with van der Waals surface area (Å²) in [6.07, 6.45) is 0. The summed E-state index contributed by atoms with van der Waals surface area (Å²) in [5, 5.41) is 3.51. The molecule has 0 radical (unpaired) electrons. The summed E-state index contributed by atoms with van der Waals surface area (Å²) in [4.78, 5) is 10.0. The maximum atomic E-state index is 5.08. The Morgan fingerprint density at radius 2 is 1.29 bits per heavy atom. The van der Waals surface area contributed by atoms with Crippen LogP contribution in [0.25, 0.3) is 11.3 Å². The molecule has 1 fully saturated rings. The molecule has 4 nitrogen and oxygen atoms in total. The number of piperazine rings is 1. The van der Waals surface area contributed by atoms with Crippen LogP contribution in [0.2, 0.25) is 0 Å². The van der Waals surface area contributed by atoms with Gasteiger partial charge in [0.05, 0.1) is 11.4 Å². The highest BCUT2D eigenvalue weighted by Crippen LogP contribution is 2.32. The second-order valence-corrected chi connectivity index (χ2v) is 9.08. The summed E-state index contributed by atoms with van der Waals surface area (Å²) in [5.74, 6) is 0.904. The van der Waals surface area contributed by atoms with Crippen LogP contribution in [-0.4, -0.2) is 31.2 Å². The third-order valence-corrected chi connectivity index (χ3v) is 6.53. The Kier molecular flexibility index (Phi) is 6.48. The molecule has 0 aliphatic carbocycles. The number of aromatic nitrogens is 1. The molecule has 1 aliphatic rings. The molecule has 172 valence electrons. The Hall–Kier alpha value is -3.79. The van der Waals surface area contributed by atoms with E-state index in [-0.39, 0.29) is 0 Å². The predicted molar refractivity (Wildman–Crippen MR) is 144 cm³/mol. The van der Waals surface area contributed by atoms with Crippen LogP contribution in [0.1, 0.15) is 16.7 Å². The number of pyridine rings is 1. The molecule has 1 aliphatic heterocycles. The quantitative estimate of drug-likeness (QED) is 0.375. The summed E-state index contributed by atoms with van der Waals surface area (Å²) >= 11 is 0. The van der Waals surface area contributed by atoms with Crippen molar-refractivity contribution in [2.45, 2.75) is 20.4 Å². The van der Waals surface area contributed by atoms with Gasteiger partial charge in [0, 0.05) is 44.0 Å². The van der Waals surface area contributed by atoms with Gasteiger partial charge in [-0.1, -0.05) is 77.9 Å². The largest absolute Gasteiger partial charge is 0.368 e. The van der Waals surface area contributed by atoms with Crippen molar-refractivity contribution >= 4 is 17.2 Å². The molecule has 0 saturated carbocycles. The molecule has 1 saturated heterocycles. The van der Waals surface area contributed by atoms with Gasteiger partial charge in [-0.05, 0) is 43.7 Å². The van der Waals surface area contributed by atoms with Crippen LogP contribution < -0.4 is 15.1 Å². The summed E-state index contributed by atoms with van der Waals surface area (Å²) in [7, 11) is 0. The molecule has 2 heterocycles. The minimum absolute atomic E-state index is 0.760. The number of benzene rings is 3. The second kappa shape index (κ2) is 10.0. The van der Waals surface area contributed by atoms with Crippen molar-refractivity contribution in [2.75, 3.05) is 41.3 Å². The van der Waals surface area contributed by atoms with Gasteiger partial charge in [-0.25, -0.2) is 4.98 Å². The smallest absolute Gasteiger partial charge is 0.127 e. The van der Waals surface area contributed by atoms with Crippen molar-refractivity contribution in [3.63, 3.8) is 0 Å². The van der Waals surface area contributed by atoms with Gasteiger partial charge >= 0.3 is 0 Å². The van der Waals surface area contributed by atoms with Crippen molar-refractivity contribution in [3.05, 3.63) is 108 Å². The Balaban J connectivity index is 1.37. The fraction of sp³-hybridized carbons (Fsp3) is 0.233.